The molecular formula is C13H11BrN2O4. The molecule has 0 unspecified atom stereocenters. The maximum atomic E-state index is 12.0. The van der Waals surface area contributed by atoms with E-state index in [0.29, 0.717) is 15.9 Å². The quantitative estimate of drug-likeness (QED) is 0.680. The van der Waals surface area contributed by atoms with E-state index in [1.807, 2.05) is 0 Å². The van der Waals surface area contributed by atoms with Crippen molar-refractivity contribution in [2.75, 3.05) is 5.32 Å². The number of carbonyl (C=O) groups excluding carboxylic acids is 1. The molecule has 20 heavy (non-hydrogen) atoms. The second kappa shape index (κ2) is 5.46. The van der Waals surface area contributed by atoms with Crippen LogP contribution in [0.4, 0.5) is 11.4 Å². The molecule has 104 valence electrons. The molecule has 1 aromatic heterocycles. The van der Waals surface area contributed by atoms with Gasteiger partial charge in [-0.3, -0.25) is 14.9 Å². The Bertz CT molecular complexity index is 694. The van der Waals surface area contributed by atoms with Gasteiger partial charge in [0.1, 0.15) is 0 Å². The number of carbonyl (C=O) groups is 1. The van der Waals surface area contributed by atoms with Crippen LogP contribution >= 0.6 is 15.9 Å². The van der Waals surface area contributed by atoms with Crippen LogP contribution in [0, 0.1) is 24.0 Å². The first kappa shape index (κ1) is 14.3. The number of furan rings is 1. The van der Waals surface area contributed by atoms with Gasteiger partial charge >= 0.3 is 0 Å². The minimum atomic E-state index is -0.478. The van der Waals surface area contributed by atoms with Crippen LogP contribution in [0.15, 0.2) is 33.4 Å². The highest BCUT2D eigenvalue weighted by Gasteiger charge is 2.17. The van der Waals surface area contributed by atoms with Gasteiger partial charge < -0.3 is 9.73 Å². The lowest BCUT2D eigenvalue weighted by atomic mass is 10.1. The smallest absolute Gasteiger partial charge is 0.291 e. The van der Waals surface area contributed by atoms with Crippen LogP contribution in [0.3, 0.4) is 0 Å². The van der Waals surface area contributed by atoms with Crippen LogP contribution in [0.1, 0.15) is 21.7 Å². The third-order valence-electron chi connectivity index (χ3n) is 2.78. The number of hydrogen-bond donors (Lipinski definition) is 1. The Morgan fingerprint density at radius 1 is 1.30 bits per heavy atom. The second-order valence-corrected chi connectivity index (χ2v) is 5.05. The van der Waals surface area contributed by atoms with Crippen LogP contribution in [-0.4, -0.2) is 10.8 Å². The van der Waals surface area contributed by atoms with E-state index >= 15 is 0 Å². The van der Waals surface area contributed by atoms with E-state index in [1.165, 1.54) is 12.1 Å². The zero-order valence-electron chi connectivity index (χ0n) is 10.8. The summed E-state index contributed by atoms with van der Waals surface area (Å²) in [7, 11) is 0. The number of anilines is 1. The summed E-state index contributed by atoms with van der Waals surface area (Å²) in [5.74, 6) is -0.337. The lowest BCUT2D eigenvalue weighted by molar-refractivity contribution is -0.385. The number of amides is 1. The van der Waals surface area contributed by atoms with Gasteiger partial charge in [0.05, 0.1) is 10.6 Å². The SMILES string of the molecule is Cc1cc(C)c([N+](=O)[O-])cc1NC(=O)c1ccc(Br)o1. The number of halogens is 1. The van der Waals surface area contributed by atoms with Gasteiger partial charge in [0.15, 0.2) is 10.4 Å². The molecule has 0 spiro atoms. The van der Waals surface area contributed by atoms with Crippen LogP contribution in [0.5, 0.6) is 0 Å². The molecule has 0 saturated heterocycles. The highest BCUT2D eigenvalue weighted by molar-refractivity contribution is 9.10. The van der Waals surface area contributed by atoms with Crippen molar-refractivity contribution in [3.8, 4) is 0 Å². The van der Waals surface area contributed by atoms with Crippen molar-refractivity contribution in [2.24, 2.45) is 0 Å². The van der Waals surface area contributed by atoms with Crippen molar-refractivity contribution >= 4 is 33.2 Å². The fourth-order valence-electron chi connectivity index (χ4n) is 1.79. The standard InChI is InChI=1S/C13H11BrN2O4/c1-7-5-8(2)10(16(18)19)6-9(7)15-13(17)11-3-4-12(14)20-11/h3-6H,1-2H3,(H,15,17). The third kappa shape index (κ3) is 2.88. The number of nitro benzene ring substituents is 1. The van der Waals surface area contributed by atoms with Crippen LogP contribution in [0.25, 0.3) is 0 Å². The van der Waals surface area contributed by atoms with Crippen LogP contribution in [0.2, 0.25) is 0 Å². The lowest BCUT2D eigenvalue weighted by Crippen LogP contribution is -2.12. The molecule has 6 nitrogen and oxygen atoms in total. The zero-order valence-corrected chi connectivity index (χ0v) is 12.4. The van der Waals surface area contributed by atoms with Gasteiger partial charge in [-0.25, -0.2) is 0 Å². The number of aryl methyl sites for hydroxylation is 2. The van der Waals surface area contributed by atoms with Gasteiger partial charge in [0, 0.05) is 11.6 Å². The Balaban J connectivity index is 2.31. The molecule has 0 radical (unpaired) electrons. The summed E-state index contributed by atoms with van der Waals surface area (Å²) in [5.41, 5.74) is 1.64. The molecule has 1 amide bonds. The van der Waals surface area contributed by atoms with Gasteiger partial charge in [-0.05, 0) is 53.5 Å². The highest BCUT2D eigenvalue weighted by Crippen LogP contribution is 2.27. The molecule has 1 N–H and O–H groups in total. The fourth-order valence-corrected chi connectivity index (χ4v) is 2.10. The predicted octanol–water partition coefficient (Wildman–Crippen LogP) is 3.82. The van der Waals surface area contributed by atoms with Crippen LogP contribution < -0.4 is 5.32 Å². The van der Waals surface area contributed by atoms with Gasteiger partial charge in [-0.1, -0.05) is 0 Å². The van der Waals surface area contributed by atoms with E-state index in [1.54, 1.807) is 26.0 Å². The Hall–Kier alpha value is -2.15. The predicted molar refractivity (Wildman–Crippen MR) is 76.9 cm³/mol. The third-order valence-corrected chi connectivity index (χ3v) is 3.21. The molecule has 2 aromatic rings. The summed E-state index contributed by atoms with van der Waals surface area (Å²) in [5, 5.41) is 13.5. The summed E-state index contributed by atoms with van der Waals surface area (Å²) in [6.45, 7) is 3.42. The van der Waals surface area contributed by atoms with Crippen molar-refractivity contribution < 1.29 is 14.1 Å². The maximum Gasteiger partial charge on any atom is 0.291 e. The van der Waals surface area contributed by atoms with Crippen molar-refractivity contribution in [2.45, 2.75) is 13.8 Å². The van der Waals surface area contributed by atoms with Crippen molar-refractivity contribution in [3.05, 3.63) is 55.9 Å². The largest absolute Gasteiger partial charge is 0.444 e. The second-order valence-electron chi connectivity index (χ2n) is 4.27. The minimum absolute atomic E-state index is 0.0356. The molecule has 2 rings (SSSR count). The lowest BCUT2D eigenvalue weighted by Gasteiger charge is -2.08. The average Bonchev–Trinajstić information content (AvgIpc) is 2.79. The Morgan fingerprint density at radius 3 is 2.55 bits per heavy atom. The number of rotatable bonds is 3. The molecule has 0 saturated carbocycles. The van der Waals surface area contributed by atoms with Gasteiger partial charge in [0.25, 0.3) is 11.6 Å². The molecule has 1 aromatic carbocycles. The first-order chi connectivity index (χ1) is 9.38. The van der Waals surface area contributed by atoms with E-state index in [4.69, 9.17) is 4.42 Å². The van der Waals surface area contributed by atoms with Crippen molar-refractivity contribution in [3.63, 3.8) is 0 Å². The summed E-state index contributed by atoms with van der Waals surface area (Å²) < 4.78 is 5.57. The summed E-state index contributed by atoms with van der Waals surface area (Å²) >= 11 is 3.10. The Morgan fingerprint density at radius 2 is 2.00 bits per heavy atom. The Kier molecular flexibility index (Phi) is 3.89. The molecule has 0 bridgehead atoms. The number of hydrogen-bond acceptors (Lipinski definition) is 4. The molecule has 0 aliphatic heterocycles. The molecule has 0 fully saturated rings. The van der Waals surface area contributed by atoms with E-state index in [2.05, 4.69) is 21.2 Å². The van der Waals surface area contributed by atoms with E-state index in [-0.39, 0.29) is 11.4 Å². The summed E-state index contributed by atoms with van der Waals surface area (Å²) in [4.78, 5) is 22.4. The van der Waals surface area contributed by atoms with Crippen molar-refractivity contribution in [1.82, 2.24) is 0 Å². The topological polar surface area (TPSA) is 85.4 Å². The molecular weight excluding hydrogens is 328 g/mol. The fraction of sp³-hybridized carbons (Fsp3) is 0.154. The number of nitrogens with zero attached hydrogens (tertiary/aromatic N) is 1. The first-order valence-electron chi connectivity index (χ1n) is 5.71. The molecule has 0 aliphatic rings. The monoisotopic (exact) mass is 338 g/mol. The van der Waals surface area contributed by atoms with E-state index in [9.17, 15) is 14.9 Å². The highest BCUT2D eigenvalue weighted by atomic mass is 79.9. The normalized spacial score (nSPS) is 10.3. The van der Waals surface area contributed by atoms with E-state index < -0.39 is 10.8 Å². The average molecular weight is 339 g/mol. The molecule has 7 heteroatoms. The number of nitro groups is 1. The van der Waals surface area contributed by atoms with Gasteiger partial charge in [0.2, 0.25) is 0 Å². The zero-order chi connectivity index (χ0) is 14.9. The molecule has 1 heterocycles. The van der Waals surface area contributed by atoms with Crippen LogP contribution in [-0.2, 0) is 0 Å². The van der Waals surface area contributed by atoms with Crippen molar-refractivity contribution in [1.29, 1.82) is 0 Å². The summed E-state index contributed by atoms with van der Waals surface area (Å²) in [6, 6.07) is 6.11. The van der Waals surface area contributed by atoms with Gasteiger partial charge in [-0.15, -0.1) is 0 Å². The Labute approximate surface area is 123 Å². The van der Waals surface area contributed by atoms with E-state index in [0.717, 1.165) is 5.56 Å². The summed E-state index contributed by atoms with van der Waals surface area (Å²) in [6.07, 6.45) is 0. The first-order valence-corrected chi connectivity index (χ1v) is 6.50. The number of benzene rings is 1. The van der Waals surface area contributed by atoms with Gasteiger partial charge in [-0.2, -0.15) is 0 Å². The molecule has 0 atom stereocenters. The minimum Gasteiger partial charge on any atom is -0.444 e. The number of nitrogens with one attached hydrogen (secondary N) is 1. The molecule has 0 aliphatic carbocycles. The maximum absolute atomic E-state index is 12.0.